The second kappa shape index (κ2) is 1290. The summed E-state index contributed by atoms with van der Waals surface area (Å²) in [5.74, 6) is 0. The molecule has 0 aromatic rings. The zero-order chi connectivity index (χ0) is 0. The summed E-state index contributed by atoms with van der Waals surface area (Å²) in [6.07, 6.45) is 0. The molecule has 100 heteroatoms. The maximum absolute atomic E-state index is 0. The van der Waals surface area contributed by atoms with Crippen LogP contribution < -0.4 is 170 Å². The van der Waals surface area contributed by atoms with Gasteiger partial charge < -0.3 is 170 Å². The van der Waals surface area contributed by atoms with Gasteiger partial charge in [0.1, 0.15) is 0 Å². The Balaban J connectivity index is 0. The van der Waals surface area contributed by atoms with Crippen LogP contribution >= 0.6 is 1360 Å². The van der Waals surface area contributed by atoms with E-state index in [1.807, 2.05) is 0 Å². The third kappa shape index (κ3) is 1260. The Morgan fingerprint density at radius 3 is 0.0300 bits per heavy atom. The van der Waals surface area contributed by atoms with E-state index in [0.29, 0.717) is 0 Å². The van der Waals surface area contributed by atoms with Gasteiger partial charge in [-0.3, -0.25) is 0 Å². The van der Waals surface area contributed by atoms with E-state index in [1.165, 1.54) is 0 Å². The molecule has 0 N–H and O–H groups in total. The fourth-order valence-corrected chi connectivity index (χ4v) is 0. The van der Waals surface area contributed by atoms with Gasteiger partial charge in [-0.2, -0.15) is 0 Å². The van der Waals surface area contributed by atoms with Crippen LogP contribution in [0.4, 0.5) is 0 Å². The van der Waals surface area contributed by atoms with Crippen molar-refractivity contribution < 1.29 is 394 Å². The average molecular weight is 8350 g/mol. The van der Waals surface area contributed by atoms with E-state index in [4.69, 9.17) is 0 Å². The van der Waals surface area contributed by atoms with Crippen LogP contribution in [0.3, 0.4) is 0 Å². The van der Waals surface area contributed by atoms with Crippen molar-refractivity contribution in [1.82, 2.24) is 0 Å². The van der Waals surface area contributed by atoms with Crippen molar-refractivity contribution in [3.8, 4) is 0 Å². The molecule has 0 aliphatic heterocycles. The fraction of sp³-hybridized carbons (Fsp3) is 0. The predicted octanol–water partition coefficient (Wildman–Crippen LogP) is 16.2. The summed E-state index contributed by atoms with van der Waals surface area (Å²) in [6, 6.07) is 0. The van der Waals surface area contributed by atoms with Crippen LogP contribution in [-0.2, 0) is 224 Å². The van der Waals surface area contributed by atoms with Crippen LogP contribution in [-0.4, -0.2) is 0 Å². The van der Waals surface area contributed by atoms with E-state index >= 15 is 0 Å². The maximum Gasteiger partial charge on any atom is 1.00 e. The van der Waals surface area contributed by atoms with Gasteiger partial charge in [0, 0.05) is 0 Å². The molecule has 0 aromatic heterocycles. The number of hydrogen-bond acceptors (Lipinski definition) is 0. The van der Waals surface area contributed by atoms with Crippen molar-refractivity contribution in [2.75, 3.05) is 0 Å². The van der Waals surface area contributed by atoms with Gasteiger partial charge in [-0.1, -0.05) is 0 Å². The SMILES string of the molecule is Br.Br.Br.Br.Br.Br.Br.Br.Br.Br.Br.Br.Br.Br.Br.Br.Br.Br.Br.Br.Br.Br.Br.Br.Br.Br.Br.Br.Br.Br.Br.Br.Br.Br.Br.Br.Br.Br.Br.Br.Br.Br.Br.Br.Br.Br.Br.Br.Br.Br.Br.Br.Br.Br.Br.Br.Br.Br.Br.Br.Br.Br.Br.Br.Br.Br.Br.Br.Br.Br.Br.Br.Br.Br.Br.Br.Br.Br.Br.Br.[Ag+].[Ag+].[Ag+].[Ag+].[Ag+].[Ag+].[Ag+].[Ag+].[Ag+].[Ag+].[Br-].[Br-].[Br-].[Br-].[Br-].[Br-].[Br-].[Br-].[Br-].[Br-]. The molecule has 0 aliphatic rings. The normalized spacial score (nSPS) is 0. The molecular weight excluding hydrogens is 8270 g/mol. The van der Waals surface area contributed by atoms with Gasteiger partial charge in [-0.15, -0.1) is 1360 Å². The standard InChI is InChI=1S/10Ag.90BrH/h;;;;;;;;;;90*1H/q10*+1;;;;;;;;;;;;;;;;;;;;;;;;;;;;;;;;;;;;;;;;;;;;;;;;;;;;;;;;;;;;;;;;;;;;;;;;;;;;;;;;;;;;;;;;;;/p-10. The van der Waals surface area contributed by atoms with E-state index < -0.39 is 0 Å². The van der Waals surface area contributed by atoms with Gasteiger partial charge >= 0.3 is 224 Å². The smallest absolute Gasteiger partial charge is 1.00 e. The van der Waals surface area contributed by atoms with Crippen molar-refractivity contribution in [2.45, 2.75) is 0 Å². The minimum absolute atomic E-state index is 0. The van der Waals surface area contributed by atoms with Crippen molar-refractivity contribution in [1.29, 1.82) is 0 Å². The van der Waals surface area contributed by atoms with Crippen molar-refractivity contribution >= 4 is 1360 Å². The monoisotopic (exact) mass is 8250 g/mol. The number of halogens is 90. The first-order chi connectivity index (χ1) is 0. The molecule has 0 saturated heterocycles. The zero-order valence-corrected chi connectivity index (χ0v) is 207. The quantitative estimate of drug-likeness (QED) is 0.212. The van der Waals surface area contributed by atoms with E-state index in [2.05, 4.69) is 0 Å². The van der Waals surface area contributed by atoms with Gasteiger partial charge in [0.15, 0.2) is 0 Å². The van der Waals surface area contributed by atoms with Crippen molar-refractivity contribution in [2.24, 2.45) is 0 Å². The third-order valence-electron chi connectivity index (χ3n) is 0. The van der Waals surface area contributed by atoms with Gasteiger partial charge in [-0.05, 0) is 0 Å². The molecule has 0 heterocycles. The topological polar surface area (TPSA) is 0 Å². The van der Waals surface area contributed by atoms with Crippen LogP contribution in [0.25, 0.3) is 0 Å². The minimum Gasteiger partial charge on any atom is -1.00 e. The summed E-state index contributed by atoms with van der Waals surface area (Å²) in [4.78, 5) is 0. The van der Waals surface area contributed by atoms with Crippen molar-refractivity contribution in [3.05, 3.63) is 0 Å². The van der Waals surface area contributed by atoms with Crippen LogP contribution in [0.5, 0.6) is 0 Å². The second-order valence-corrected chi connectivity index (χ2v) is 0. The molecule has 0 radical (unpaired) electrons. The summed E-state index contributed by atoms with van der Waals surface area (Å²) in [7, 11) is 0. The van der Waals surface area contributed by atoms with Gasteiger partial charge in [0.25, 0.3) is 0 Å². The van der Waals surface area contributed by atoms with Gasteiger partial charge in [-0.25, -0.2) is 0 Å². The largest absolute Gasteiger partial charge is 1.00 e. The first kappa shape index (κ1) is 1320. The molecule has 0 nitrogen and oxygen atoms in total. The summed E-state index contributed by atoms with van der Waals surface area (Å²) >= 11 is 0. The summed E-state index contributed by atoms with van der Waals surface area (Å²) in [6.45, 7) is 0. The van der Waals surface area contributed by atoms with Gasteiger partial charge in [0.2, 0.25) is 0 Å². The van der Waals surface area contributed by atoms with E-state index in [9.17, 15) is 0 Å². The molecule has 820 valence electrons. The molecule has 0 aromatic carbocycles. The molecule has 0 bridgehead atoms. The predicted molar refractivity (Wildman–Crippen MR) is 826 cm³/mol. The Morgan fingerprint density at radius 2 is 0.0300 bits per heavy atom. The zero-order valence-electron chi connectivity index (χ0n) is 39.5. The fourth-order valence-electron chi connectivity index (χ4n) is 0. The van der Waals surface area contributed by atoms with Gasteiger partial charge in [0.05, 0.1) is 0 Å². The number of rotatable bonds is 0. The molecule has 0 atom stereocenters. The first-order valence-corrected chi connectivity index (χ1v) is 0. The van der Waals surface area contributed by atoms with E-state index in [1.54, 1.807) is 0 Å². The summed E-state index contributed by atoms with van der Waals surface area (Å²) in [5, 5.41) is 0. The van der Waals surface area contributed by atoms with Crippen LogP contribution in [0.15, 0.2) is 0 Å². The molecule has 0 saturated carbocycles. The van der Waals surface area contributed by atoms with E-state index in [-0.39, 0.29) is 1750 Å². The summed E-state index contributed by atoms with van der Waals surface area (Å²) in [5.41, 5.74) is 0. The van der Waals surface area contributed by atoms with Crippen molar-refractivity contribution in [3.63, 3.8) is 0 Å². The molecule has 100 heavy (non-hydrogen) atoms. The third-order valence-corrected chi connectivity index (χ3v) is 0. The molecule has 0 fully saturated rings. The Morgan fingerprint density at radius 1 is 0.0300 bits per heavy atom. The molecule has 0 amide bonds. The van der Waals surface area contributed by atoms with Crippen LogP contribution in [0, 0.1) is 0 Å². The molecule has 0 aliphatic carbocycles. The van der Waals surface area contributed by atoms with Crippen LogP contribution in [0.2, 0.25) is 0 Å². The first-order valence-electron chi connectivity index (χ1n) is 0. The Bertz CT molecular complexity index is 46.9. The number of hydrogen-bond donors (Lipinski definition) is 0. The molecule has 0 rings (SSSR count). The molecular formula is H80Ag10Br90. The molecule has 0 unspecified atom stereocenters. The van der Waals surface area contributed by atoms with E-state index in [0.717, 1.165) is 0 Å². The molecule has 0 spiro atoms. The minimum atomic E-state index is 0. The average Bonchev–Trinajstić information content (AvgIpc) is 0. The van der Waals surface area contributed by atoms with Crippen LogP contribution in [0.1, 0.15) is 0 Å². The Kier molecular flexibility index (Phi) is 17000. The summed E-state index contributed by atoms with van der Waals surface area (Å²) < 4.78 is 0. The maximum atomic E-state index is 0. The second-order valence-electron chi connectivity index (χ2n) is 0. The Hall–Kier alpha value is 50.6. The Labute approximate surface area is 1700 Å².